The highest BCUT2D eigenvalue weighted by molar-refractivity contribution is 6.34. The topological polar surface area (TPSA) is 49.4 Å². The molecule has 0 spiro atoms. The Hall–Kier alpha value is -1.76. The molecule has 20 heavy (non-hydrogen) atoms. The number of nitrogens with zero attached hydrogens (tertiary/aromatic N) is 1. The van der Waals surface area contributed by atoms with E-state index in [4.69, 9.17) is 11.6 Å². The van der Waals surface area contributed by atoms with Crippen molar-refractivity contribution in [2.45, 2.75) is 19.1 Å². The molecule has 1 aromatic rings. The first-order valence-electron chi connectivity index (χ1n) is 5.67. The lowest BCUT2D eigenvalue weighted by atomic mass is 10.1. The Morgan fingerprint density at radius 2 is 2.00 bits per heavy atom. The molecule has 1 aromatic carbocycles. The highest BCUT2D eigenvalue weighted by atomic mass is 35.5. The predicted molar refractivity (Wildman–Crippen MR) is 66.4 cm³/mol. The van der Waals surface area contributed by atoms with Gasteiger partial charge >= 0.3 is 6.18 Å². The van der Waals surface area contributed by atoms with Gasteiger partial charge in [-0.05, 0) is 25.1 Å². The standard InChI is InChI=1S/C12H10ClF3N2O2/c1-6-11(20)18(5-10(19)17-6)9-4-7(12(14,15)16)2-3-8(9)13/h2-4,6H,5H2,1H3,(H,17,19). The molecule has 1 heterocycles. The van der Waals surface area contributed by atoms with Crippen LogP contribution in [-0.2, 0) is 15.8 Å². The van der Waals surface area contributed by atoms with Crippen molar-refractivity contribution in [1.29, 1.82) is 0 Å². The number of amides is 2. The molecule has 0 saturated carbocycles. The van der Waals surface area contributed by atoms with Gasteiger partial charge in [0.15, 0.2) is 0 Å². The van der Waals surface area contributed by atoms with E-state index in [0.29, 0.717) is 0 Å². The molecule has 2 rings (SSSR count). The molecule has 1 aliphatic rings. The third kappa shape index (κ3) is 2.72. The second kappa shape index (κ2) is 4.97. The Balaban J connectivity index is 2.45. The summed E-state index contributed by atoms with van der Waals surface area (Å²) < 4.78 is 38.1. The number of anilines is 1. The van der Waals surface area contributed by atoms with Crippen LogP contribution in [0.1, 0.15) is 12.5 Å². The van der Waals surface area contributed by atoms with E-state index in [1.807, 2.05) is 0 Å². The van der Waals surface area contributed by atoms with Crippen LogP contribution in [0, 0.1) is 0 Å². The predicted octanol–water partition coefficient (Wildman–Crippen LogP) is 2.21. The fourth-order valence-electron chi connectivity index (χ4n) is 1.90. The molecule has 1 saturated heterocycles. The van der Waals surface area contributed by atoms with E-state index in [-0.39, 0.29) is 17.3 Å². The van der Waals surface area contributed by atoms with Crippen LogP contribution in [0.15, 0.2) is 18.2 Å². The van der Waals surface area contributed by atoms with Crippen molar-refractivity contribution in [3.63, 3.8) is 0 Å². The van der Waals surface area contributed by atoms with Crippen LogP contribution < -0.4 is 10.2 Å². The maximum atomic E-state index is 12.7. The third-order valence-corrected chi connectivity index (χ3v) is 3.20. The van der Waals surface area contributed by atoms with Gasteiger partial charge in [0.1, 0.15) is 12.6 Å². The summed E-state index contributed by atoms with van der Waals surface area (Å²) in [4.78, 5) is 24.3. The van der Waals surface area contributed by atoms with Crippen LogP contribution in [-0.4, -0.2) is 24.4 Å². The number of carbonyl (C=O) groups excluding carboxylic acids is 2. The van der Waals surface area contributed by atoms with E-state index >= 15 is 0 Å². The van der Waals surface area contributed by atoms with Crippen LogP contribution in [0.2, 0.25) is 5.02 Å². The Morgan fingerprint density at radius 1 is 1.35 bits per heavy atom. The molecule has 1 atom stereocenters. The average Bonchev–Trinajstić information content (AvgIpc) is 2.33. The summed E-state index contributed by atoms with van der Waals surface area (Å²) in [5.74, 6) is -0.962. The summed E-state index contributed by atoms with van der Waals surface area (Å²) >= 11 is 5.85. The maximum Gasteiger partial charge on any atom is 0.416 e. The van der Waals surface area contributed by atoms with Gasteiger partial charge in [0, 0.05) is 0 Å². The zero-order chi connectivity index (χ0) is 15.1. The van der Waals surface area contributed by atoms with Crippen molar-refractivity contribution in [2.24, 2.45) is 0 Å². The zero-order valence-electron chi connectivity index (χ0n) is 10.3. The molecule has 0 bridgehead atoms. The summed E-state index contributed by atoms with van der Waals surface area (Å²) in [6, 6.07) is 1.85. The SMILES string of the molecule is CC1NC(=O)CN(c2cc(C(F)(F)F)ccc2Cl)C1=O. The van der Waals surface area contributed by atoms with E-state index < -0.39 is 29.6 Å². The lowest BCUT2D eigenvalue weighted by Gasteiger charge is -2.31. The van der Waals surface area contributed by atoms with Gasteiger partial charge in [-0.25, -0.2) is 0 Å². The van der Waals surface area contributed by atoms with Crippen LogP contribution in [0.4, 0.5) is 18.9 Å². The second-order valence-corrected chi connectivity index (χ2v) is 4.78. The summed E-state index contributed by atoms with van der Waals surface area (Å²) in [5.41, 5.74) is -1.04. The molecule has 0 aliphatic carbocycles. The van der Waals surface area contributed by atoms with Crippen molar-refractivity contribution in [2.75, 3.05) is 11.4 Å². The number of piperazine rings is 1. The number of hydrogen-bond acceptors (Lipinski definition) is 2. The van der Waals surface area contributed by atoms with Crippen molar-refractivity contribution >= 4 is 29.1 Å². The second-order valence-electron chi connectivity index (χ2n) is 4.38. The average molecular weight is 307 g/mol. The first-order chi connectivity index (χ1) is 9.20. The van der Waals surface area contributed by atoms with Crippen LogP contribution in [0.25, 0.3) is 0 Å². The van der Waals surface area contributed by atoms with E-state index in [2.05, 4.69) is 5.32 Å². The van der Waals surface area contributed by atoms with Crippen LogP contribution in [0.3, 0.4) is 0 Å². The zero-order valence-corrected chi connectivity index (χ0v) is 11.0. The largest absolute Gasteiger partial charge is 0.416 e. The summed E-state index contributed by atoms with van der Waals surface area (Å²) in [6.07, 6.45) is -4.55. The number of hydrogen-bond donors (Lipinski definition) is 1. The van der Waals surface area contributed by atoms with Gasteiger partial charge < -0.3 is 5.32 Å². The molecule has 108 valence electrons. The van der Waals surface area contributed by atoms with Gasteiger partial charge in [-0.2, -0.15) is 13.2 Å². The van der Waals surface area contributed by atoms with E-state index in [9.17, 15) is 22.8 Å². The fraction of sp³-hybridized carbons (Fsp3) is 0.333. The molecular weight excluding hydrogens is 297 g/mol. The van der Waals surface area contributed by atoms with E-state index in [1.54, 1.807) is 0 Å². The van der Waals surface area contributed by atoms with E-state index in [1.165, 1.54) is 6.92 Å². The molecule has 1 fully saturated rings. The number of halogens is 4. The number of alkyl halides is 3. The lowest BCUT2D eigenvalue weighted by molar-refractivity contribution is -0.137. The minimum absolute atomic E-state index is 0.0201. The first kappa shape index (κ1) is 14.6. The van der Waals surface area contributed by atoms with E-state index in [0.717, 1.165) is 23.1 Å². The molecule has 1 unspecified atom stereocenters. The molecule has 8 heteroatoms. The number of carbonyl (C=O) groups is 2. The molecule has 0 aromatic heterocycles. The Kier molecular flexibility index (Phi) is 3.64. The molecule has 0 radical (unpaired) electrons. The molecular formula is C12H10ClF3N2O2. The normalized spacial score (nSPS) is 20.1. The third-order valence-electron chi connectivity index (χ3n) is 2.88. The monoisotopic (exact) mass is 306 g/mol. The smallest absolute Gasteiger partial charge is 0.343 e. The highest BCUT2D eigenvalue weighted by Gasteiger charge is 2.35. The fourth-order valence-corrected chi connectivity index (χ4v) is 2.12. The van der Waals surface area contributed by atoms with Crippen molar-refractivity contribution in [3.8, 4) is 0 Å². The summed E-state index contributed by atoms with van der Waals surface area (Å²) in [5, 5.41) is 2.38. The van der Waals surface area contributed by atoms with Gasteiger partial charge in [0.2, 0.25) is 11.8 Å². The minimum Gasteiger partial charge on any atom is -0.343 e. The van der Waals surface area contributed by atoms with Crippen LogP contribution in [0.5, 0.6) is 0 Å². The molecule has 2 amide bonds. The number of rotatable bonds is 1. The molecule has 1 aliphatic heterocycles. The number of benzene rings is 1. The summed E-state index contributed by atoms with van der Waals surface area (Å²) in [7, 11) is 0. The highest BCUT2D eigenvalue weighted by Crippen LogP contribution is 2.35. The quantitative estimate of drug-likeness (QED) is 0.865. The molecule has 1 N–H and O–H groups in total. The van der Waals surface area contributed by atoms with Gasteiger partial charge in [0.25, 0.3) is 0 Å². The van der Waals surface area contributed by atoms with Crippen molar-refractivity contribution < 1.29 is 22.8 Å². The maximum absolute atomic E-state index is 12.7. The Labute approximate surface area is 117 Å². The first-order valence-corrected chi connectivity index (χ1v) is 6.05. The Bertz CT molecular complexity index is 574. The van der Waals surface area contributed by atoms with Gasteiger partial charge in [-0.1, -0.05) is 11.6 Å². The minimum atomic E-state index is -4.55. The number of nitrogens with one attached hydrogen (secondary N) is 1. The van der Waals surface area contributed by atoms with Gasteiger partial charge in [-0.15, -0.1) is 0 Å². The van der Waals surface area contributed by atoms with Crippen molar-refractivity contribution in [1.82, 2.24) is 5.32 Å². The lowest BCUT2D eigenvalue weighted by Crippen LogP contribution is -2.57. The summed E-state index contributed by atoms with van der Waals surface area (Å²) in [6.45, 7) is 1.10. The van der Waals surface area contributed by atoms with Gasteiger partial charge in [-0.3, -0.25) is 14.5 Å². The van der Waals surface area contributed by atoms with Gasteiger partial charge in [0.05, 0.1) is 16.3 Å². The van der Waals surface area contributed by atoms with Crippen molar-refractivity contribution in [3.05, 3.63) is 28.8 Å². The van der Waals surface area contributed by atoms with Crippen LogP contribution >= 0.6 is 11.6 Å². The Morgan fingerprint density at radius 3 is 2.60 bits per heavy atom. The molecule has 4 nitrogen and oxygen atoms in total.